The maximum atomic E-state index is 11.0. The summed E-state index contributed by atoms with van der Waals surface area (Å²) >= 11 is 0. The van der Waals surface area contributed by atoms with Crippen LogP contribution in [0.1, 0.15) is 13.8 Å². The highest BCUT2D eigenvalue weighted by molar-refractivity contribution is 7.90. The number of hydrogen-bond donors (Lipinski definition) is 2. The Balaban J connectivity index is 4.30. The summed E-state index contributed by atoms with van der Waals surface area (Å²) in [4.78, 5) is 11.0. The van der Waals surface area contributed by atoms with Gasteiger partial charge in [-0.3, -0.25) is 4.79 Å². The lowest BCUT2D eigenvalue weighted by molar-refractivity contribution is -0.112. The van der Waals surface area contributed by atoms with Crippen LogP contribution in [0.25, 0.3) is 0 Å². The van der Waals surface area contributed by atoms with Crippen LogP contribution >= 0.6 is 0 Å². The summed E-state index contributed by atoms with van der Waals surface area (Å²) in [7, 11) is -3.48. The molecule has 0 unspecified atom stereocenters. The second-order valence-corrected chi connectivity index (χ2v) is 4.42. The first-order valence-electron chi connectivity index (χ1n) is 3.81. The minimum absolute atomic E-state index is 0.279. The lowest BCUT2D eigenvalue weighted by atomic mass is 10.3. The minimum atomic E-state index is -3.48. The largest absolute Gasteiger partial charge is 0.402 e. The zero-order chi connectivity index (χ0) is 10.5. The van der Waals surface area contributed by atoms with Gasteiger partial charge in [0, 0.05) is 18.3 Å². The molecule has 0 radical (unpaired) electrons. The van der Waals surface area contributed by atoms with Crippen molar-refractivity contribution in [2.24, 2.45) is 5.73 Å². The van der Waals surface area contributed by atoms with Crippen molar-refractivity contribution in [2.75, 3.05) is 12.3 Å². The van der Waals surface area contributed by atoms with Gasteiger partial charge in [-0.05, 0) is 6.92 Å². The van der Waals surface area contributed by atoms with Crippen molar-refractivity contribution >= 4 is 15.8 Å². The SMILES string of the molecule is CCNS(=O)(=O)CC(=O)/C=C(/C)N. The molecule has 0 rings (SSSR count). The summed E-state index contributed by atoms with van der Waals surface area (Å²) in [6.07, 6.45) is 1.11. The van der Waals surface area contributed by atoms with E-state index in [4.69, 9.17) is 5.73 Å². The van der Waals surface area contributed by atoms with Gasteiger partial charge in [-0.15, -0.1) is 0 Å². The predicted molar refractivity (Wildman–Crippen MR) is 50.4 cm³/mol. The Bertz CT molecular complexity index is 302. The third-order valence-corrected chi connectivity index (χ3v) is 2.48. The van der Waals surface area contributed by atoms with Gasteiger partial charge in [0.05, 0.1) is 0 Å². The highest BCUT2D eigenvalue weighted by atomic mass is 32.2. The standard InChI is InChI=1S/C7H14N2O3S/c1-3-9-13(11,12)5-7(10)4-6(2)8/h4,9H,3,5,8H2,1-2H3/b6-4-. The van der Waals surface area contributed by atoms with Crippen LogP contribution in [0.2, 0.25) is 0 Å². The van der Waals surface area contributed by atoms with Crippen LogP contribution in [0.3, 0.4) is 0 Å². The fourth-order valence-corrected chi connectivity index (χ4v) is 1.75. The van der Waals surface area contributed by atoms with Crippen LogP contribution in [0.15, 0.2) is 11.8 Å². The first kappa shape index (κ1) is 12.1. The molecule has 0 fully saturated rings. The van der Waals surface area contributed by atoms with E-state index in [2.05, 4.69) is 4.72 Å². The lowest BCUT2D eigenvalue weighted by Gasteiger charge is -2.00. The minimum Gasteiger partial charge on any atom is -0.402 e. The Hall–Kier alpha value is -0.880. The fraction of sp³-hybridized carbons (Fsp3) is 0.571. The van der Waals surface area contributed by atoms with E-state index in [0.717, 1.165) is 6.08 Å². The summed E-state index contributed by atoms with van der Waals surface area (Å²) in [5.41, 5.74) is 5.51. The molecule has 0 aromatic carbocycles. The van der Waals surface area contributed by atoms with Gasteiger partial charge in [0.2, 0.25) is 10.0 Å². The molecule has 0 aliphatic carbocycles. The summed E-state index contributed by atoms with van der Waals surface area (Å²) < 4.78 is 24.2. The van der Waals surface area contributed by atoms with Gasteiger partial charge < -0.3 is 5.73 Å². The molecule has 0 aromatic heterocycles. The van der Waals surface area contributed by atoms with E-state index in [0.29, 0.717) is 5.70 Å². The number of allylic oxidation sites excluding steroid dienone is 2. The molecule has 0 amide bonds. The highest BCUT2D eigenvalue weighted by Crippen LogP contribution is 1.89. The first-order chi connectivity index (χ1) is 5.87. The molecule has 6 heteroatoms. The topological polar surface area (TPSA) is 89.3 Å². The van der Waals surface area contributed by atoms with Crippen LogP contribution in [0.4, 0.5) is 0 Å². The van der Waals surface area contributed by atoms with Crippen molar-refractivity contribution in [3.05, 3.63) is 11.8 Å². The molecule has 0 saturated carbocycles. The monoisotopic (exact) mass is 206 g/mol. The number of carbonyl (C=O) groups is 1. The molecule has 3 N–H and O–H groups in total. The van der Waals surface area contributed by atoms with Crippen LogP contribution in [-0.2, 0) is 14.8 Å². The summed E-state index contributed by atoms with van der Waals surface area (Å²) in [6.45, 7) is 3.45. The van der Waals surface area contributed by atoms with Crippen molar-refractivity contribution in [3.8, 4) is 0 Å². The maximum Gasteiger partial charge on any atom is 0.219 e. The molecule has 0 aromatic rings. The van der Waals surface area contributed by atoms with Crippen LogP contribution < -0.4 is 10.5 Å². The molecule has 5 nitrogen and oxygen atoms in total. The van der Waals surface area contributed by atoms with Gasteiger partial charge in [-0.2, -0.15) is 0 Å². The lowest BCUT2D eigenvalue weighted by Crippen LogP contribution is -2.29. The van der Waals surface area contributed by atoms with Crippen molar-refractivity contribution in [2.45, 2.75) is 13.8 Å². The predicted octanol–water partition coefficient (Wildman–Crippen LogP) is -0.643. The molecular formula is C7H14N2O3S. The molecular weight excluding hydrogens is 192 g/mol. The normalized spacial score (nSPS) is 12.9. The van der Waals surface area contributed by atoms with Gasteiger partial charge >= 0.3 is 0 Å². The fourth-order valence-electron chi connectivity index (χ4n) is 0.754. The molecule has 0 atom stereocenters. The molecule has 0 aliphatic rings. The number of hydrogen-bond acceptors (Lipinski definition) is 4. The maximum absolute atomic E-state index is 11.0. The van der Waals surface area contributed by atoms with E-state index in [-0.39, 0.29) is 6.54 Å². The van der Waals surface area contributed by atoms with E-state index in [9.17, 15) is 13.2 Å². The van der Waals surface area contributed by atoms with E-state index < -0.39 is 21.6 Å². The molecule has 13 heavy (non-hydrogen) atoms. The molecule has 0 saturated heterocycles. The second-order valence-electron chi connectivity index (χ2n) is 2.61. The first-order valence-corrected chi connectivity index (χ1v) is 5.46. The summed E-state index contributed by atoms with van der Waals surface area (Å²) in [6, 6.07) is 0. The van der Waals surface area contributed by atoms with Gasteiger partial charge in [0.1, 0.15) is 5.75 Å². The Morgan fingerprint density at radius 1 is 1.54 bits per heavy atom. The van der Waals surface area contributed by atoms with Gasteiger partial charge in [0.25, 0.3) is 0 Å². The summed E-state index contributed by atoms with van der Waals surface area (Å²) in [5.74, 6) is -1.06. The van der Waals surface area contributed by atoms with Crippen molar-refractivity contribution in [1.29, 1.82) is 0 Å². The third-order valence-electron chi connectivity index (χ3n) is 1.09. The Morgan fingerprint density at radius 3 is 2.46 bits per heavy atom. The van der Waals surface area contributed by atoms with Crippen LogP contribution in [0.5, 0.6) is 0 Å². The molecule has 0 heterocycles. The van der Waals surface area contributed by atoms with Crippen molar-refractivity contribution < 1.29 is 13.2 Å². The summed E-state index contributed by atoms with van der Waals surface area (Å²) in [5, 5.41) is 0. The molecule has 0 bridgehead atoms. The number of nitrogens with one attached hydrogen (secondary N) is 1. The van der Waals surface area contributed by atoms with Gasteiger partial charge in [-0.1, -0.05) is 6.92 Å². The number of carbonyl (C=O) groups excluding carboxylic acids is 1. The average Bonchev–Trinajstić information content (AvgIpc) is 1.81. The average molecular weight is 206 g/mol. The Labute approximate surface area is 78.1 Å². The highest BCUT2D eigenvalue weighted by Gasteiger charge is 2.12. The quantitative estimate of drug-likeness (QED) is 0.585. The third kappa shape index (κ3) is 6.30. The molecule has 0 spiro atoms. The van der Waals surface area contributed by atoms with Crippen LogP contribution in [0, 0.1) is 0 Å². The van der Waals surface area contributed by atoms with Crippen molar-refractivity contribution in [3.63, 3.8) is 0 Å². The van der Waals surface area contributed by atoms with E-state index in [1.807, 2.05) is 0 Å². The number of ketones is 1. The van der Waals surface area contributed by atoms with E-state index >= 15 is 0 Å². The Kier molecular flexibility index (Phi) is 4.64. The van der Waals surface area contributed by atoms with E-state index in [1.54, 1.807) is 6.92 Å². The number of nitrogens with two attached hydrogens (primary N) is 1. The van der Waals surface area contributed by atoms with Gasteiger partial charge in [0.15, 0.2) is 5.78 Å². The van der Waals surface area contributed by atoms with Gasteiger partial charge in [-0.25, -0.2) is 13.1 Å². The van der Waals surface area contributed by atoms with Crippen molar-refractivity contribution in [1.82, 2.24) is 4.72 Å². The smallest absolute Gasteiger partial charge is 0.219 e. The number of sulfonamides is 1. The van der Waals surface area contributed by atoms with E-state index in [1.165, 1.54) is 6.92 Å². The zero-order valence-corrected chi connectivity index (χ0v) is 8.52. The zero-order valence-electron chi connectivity index (χ0n) is 7.70. The number of rotatable bonds is 5. The molecule has 0 aliphatic heterocycles. The molecule has 76 valence electrons. The van der Waals surface area contributed by atoms with Crippen LogP contribution in [-0.4, -0.2) is 26.5 Å². The Morgan fingerprint density at radius 2 is 2.08 bits per heavy atom. The second kappa shape index (κ2) is 4.98.